The molecule has 0 bridgehead atoms. The molecule has 0 aliphatic rings. The summed E-state index contributed by atoms with van der Waals surface area (Å²) in [5, 5.41) is 10.3. The molecular weight excluding hydrogens is 334 g/mol. The van der Waals surface area contributed by atoms with Crippen LogP contribution in [0.2, 0.25) is 0 Å². The normalized spacial score (nSPS) is 12.6. The van der Waals surface area contributed by atoms with E-state index in [9.17, 15) is 5.11 Å². The molecule has 1 aromatic carbocycles. The summed E-state index contributed by atoms with van der Waals surface area (Å²) in [5.74, 6) is 2.22. The molecule has 6 nitrogen and oxygen atoms in total. The maximum atomic E-state index is 10.3. The summed E-state index contributed by atoms with van der Waals surface area (Å²) < 4.78 is 21.9. The molecule has 0 radical (unpaired) electrons. The highest BCUT2D eigenvalue weighted by Gasteiger charge is 2.18. The molecule has 0 fully saturated rings. The standard InChI is InChI=1S/C20H29NO5/c1-15(2)26-14-17(22)12-21(13-18-8-6-10-25-18)11-16-7-5-9-19(23-3)20(16)24-4/h5-10,15,17,22H,11-14H2,1-4H3. The molecule has 0 amide bonds. The fraction of sp³-hybridized carbons (Fsp3) is 0.500. The van der Waals surface area contributed by atoms with Crippen molar-refractivity contribution < 1.29 is 23.7 Å². The number of furan rings is 1. The van der Waals surface area contributed by atoms with Crippen molar-refractivity contribution in [1.29, 1.82) is 0 Å². The lowest BCUT2D eigenvalue weighted by molar-refractivity contribution is -0.0114. The van der Waals surface area contributed by atoms with Crippen LogP contribution >= 0.6 is 0 Å². The van der Waals surface area contributed by atoms with E-state index in [-0.39, 0.29) is 6.10 Å². The van der Waals surface area contributed by atoms with E-state index in [4.69, 9.17) is 18.6 Å². The van der Waals surface area contributed by atoms with E-state index >= 15 is 0 Å². The maximum absolute atomic E-state index is 10.3. The van der Waals surface area contributed by atoms with Gasteiger partial charge in [-0.25, -0.2) is 0 Å². The fourth-order valence-corrected chi connectivity index (χ4v) is 2.78. The van der Waals surface area contributed by atoms with Crippen molar-refractivity contribution in [1.82, 2.24) is 4.90 Å². The van der Waals surface area contributed by atoms with Crippen LogP contribution in [-0.4, -0.2) is 49.6 Å². The second kappa shape index (κ2) is 10.2. The van der Waals surface area contributed by atoms with Crippen LogP contribution in [-0.2, 0) is 17.8 Å². The predicted octanol–water partition coefficient (Wildman–Crippen LogP) is 3.08. The molecule has 6 heteroatoms. The van der Waals surface area contributed by atoms with Crippen LogP contribution in [0.3, 0.4) is 0 Å². The predicted molar refractivity (Wildman–Crippen MR) is 99.5 cm³/mol. The molecule has 26 heavy (non-hydrogen) atoms. The van der Waals surface area contributed by atoms with Crippen molar-refractivity contribution in [2.45, 2.75) is 39.1 Å². The van der Waals surface area contributed by atoms with Gasteiger partial charge in [0.1, 0.15) is 5.76 Å². The van der Waals surface area contributed by atoms with Gasteiger partial charge in [0.25, 0.3) is 0 Å². The Hall–Kier alpha value is -2.02. The van der Waals surface area contributed by atoms with E-state index < -0.39 is 6.10 Å². The quantitative estimate of drug-likeness (QED) is 0.662. The molecule has 0 aliphatic carbocycles. The number of ether oxygens (including phenoxy) is 3. The molecule has 0 aliphatic heterocycles. The Bertz CT molecular complexity index is 642. The number of rotatable bonds is 11. The number of aliphatic hydroxyl groups excluding tert-OH is 1. The lowest BCUT2D eigenvalue weighted by Crippen LogP contribution is -2.35. The van der Waals surface area contributed by atoms with Gasteiger partial charge in [0.2, 0.25) is 0 Å². The van der Waals surface area contributed by atoms with Crippen molar-refractivity contribution in [2.75, 3.05) is 27.4 Å². The molecule has 1 heterocycles. The van der Waals surface area contributed by atoms with E-state index in [1.807, 2.05) is 44.2 Å². The average molecular weight is 363 g/mol. The number of benzene rings is 1. The van der Waals surface area contributed by atoms with E-state index in [2.05, 4.69) is 4.90 Å². The van der Waals surface area contributed by atoms with Gasteiger partial charge in [0.05, 0.1) is 45.8 Å². The monoisotopic (exact) mass is 363 g/mol. The molecule has 0 saturated heterocycles. The van der Waals surface area contributed by atoms with Crippen LogP contribution in [0.4, 0.5) is 0 Å². The highest BCUT2D eigenvalue weighted by molar-refractivity contribution is 5.46. The number of aliphatic hydroxyl groups is 1. The van der Waals surface area contributed by atoms with Crippen molar-refractivity contribution in [2.24, 2.45) is 0 Å². The summed E-state index contributed by atoms with van der Waals surface area (Å²) in [5.41, 5.74) is 0.982. The summed E-state index contributed by atoms with van der Waals surface area (Å²) >= 11 is 0. The van der Waals surface area contributed by atoms with Crippen LogP contribution < -0.4 is 9.47 Å². The van der Waals surface area contributed by atoms with Gasteiger partial charge in [-0.05, 0) is 32.0 Å². The Balaban J connectivity index is 2.13. The van der Waals surface area contributed by atoms with Crippen molar-refractivity contribution in [3.8, 4) is 11.5 Å². The first-order valence-electron chi connectivity index (χ1n) is 8.77. The molecule has 0 spiro atoms. The third-order valence-corrected chi connectivity index (χ3v) is 3.93. The zero-order chi connectivity index (χ0) is 18.9. The first-order valence-corrected chi connectivity index (χ1v) is 8.77. The van der Waals surface area contributed by atoms with Crippen LogP contribution in [0.5, 0.6) is 11.5 Å². The summed E-state index contributed by atoms with van der Waals surface area (Å²) in [6, 6.07) is 9.57. The van der Waals surface area contributed by atoms with E-state index in [1.165, 1.54) is 0 Å². The summed E-state index contributed by atoms with van der Waals surface area (Å²) in [6.07, 6.45) is 1.14. The van der Waals surface area contributed by atoms with Crippen LogP contribution in [0.25, 0.3) is 0 Å². The minimum absolute atomic E-state index is 0.0849. The molecule has 1 N–H and O–H groups in total. The minimum Gasteiger partial charge on any atom is -0.493 e. The minimum atomic E-state index is -0.594. The zero-order valence-corrected chi connectivity index (χ0v) is 16.0. The first kappa shape index (κ1) is 20.3. The van der Waals surface area contributed by atoms with E-state index in [1.54, 1.807) is 20.5 Å². The Morgan fingerprint density at radius 3 is 2.50 bits per heavy atom. The van der Waals surface area contributed by atoms with E-state index in [0.717, 1.165) is 11.3 Å². The van der Waals surface area contributed by atoms with Gasteiger partial charge in [-0.2, -0.15) is 0 Å². The Labute approximate surface area is 155 Å². The highest BCUT2D eigenvalue weighted by atomic mass is 16.5. The molecule has 1 unspecified atom stereocenters. The number of methoxy groups -OCH3 is 2. The maximum Gasteiger partial charge on any atom is 0.165 e. The fourth-order valence-electron chi connectivity index (χ4n) is 2.78. The van der Waals surface area contributed by atoms with Gasteiger partial charge in [0, 0.05) is 18.7 Å². The smallest absolute Gasteiger partial charge is 0.165 e. The van der Waals surface area contributed by atoms with E-state index in [0.29, 0.717) is 37.7 Å². The van der Waals surface area contributed by atoms with Gasteiger partial charge in [-0.3, -0.25) is 4.90 Å². The van der Waals surface area contributed by atoms with Gasteiger partial charge >= 0.3 is 0 Å². The topological polar surface area (TPSA) is 64.3 Å². The zero-order valence-electron chi connectivity index (χ0n) is 16.0. The number of hydrogen-bond acceptors (Lipinski definition) is 6. The molecule has 2 aromatic rings. The van der Waals surface area contributed by atoms with Crippen molar-refractivity contribution in [3.63, 3.8) is 0 Å². The largest absolute Gasteiger partial charge is 0.493 e. The molecule has 144 valence electrons. The van der Waals surface area contributed by atoms with Crippen molar-refractivity contribution >= 4 is 0 Å². The van der Waals surface area contributed by atoms with Gasteiger partial charge in [0.15, 0.2) is 11.5 Å². The van der Waals surface area contributed by atoms with Gasteiger partial charge < -0.3 is 23.7 Å². The second-order valence-corrected chi connectivity index (χ2v) is 6.44. The number of para-hydroxylation sites is 1. The van der Waals surface area contributed by atoms with Crippen LogP contribution in [0, 0.1) is 0 Å². The SMILES string of the molecule is COc1cccc(CN(Cc2ccco2)CC(O)COC(C)C)c1OC. The first-order chi connectivity index (χ1) is 12.5. The summed E-state index contributed by atoms with van der Waals surface area (Å²) in [4.78, 5) is 2.10. The molecule has 0 saturated carbocycles. The Morgan fingerprint density at radius 2 is 1.88 bits per heavy atom. The van der Waals surface area contributed by atoms with Gasteiger partial charge in [-0.1, -0.05) is 12.1 Å². The third-order valence-electron chi connectivity index (χ3n) is 3.93. The Kier molecular flexibility index (Phi) is 7.97. The third kappa shape index (κ3) is 6.05. The molecule has 2 rings (SSSR count). The number of nitrogens with zero attached hydrogens (tertiary/aromatic N) is 1. The molecule has 1 aromatic heterocycles. The average Bonchev–Trinajstić information content (AvgIpc) is 3.12. The highest BCUT2D eigenvalue weighted by Crippen LogP contribution is 2.31. The van der Waals surface area contributed by atoms with Crippen molar-refractivity contribution in [3.05, 3.63) is 47.9 Å². The molecular formula is C20H29NO5. The van der Waals surface area contributed by atoms with Crippen LogP contribution in [0.1, 0.15) is 25.2 Å². The van der Waals surface area contributed by atoms with Crippen LogP contribution in [0.15, 0.2) is 41.0 Å². The summed E-state index contributed by atoms with van der Waals surface area (Å²) in [6.45, 7) is 5.81. The Morgan fingerprint density at radius 1 is 1.08 bits per heavy atom. The number of hydrogen-bond donors (Lipinski definition) is 1. The van der Waals surface area contributed by atoms with Gasteiger partial charge in [-0.15, -0.1) is 0 Å². The lowest BCUT2D eigenvalue weighted by atomic mass is 10.1. The summed E-state index contributed by atoms with van der Waals surface area (Å²) in [7, 11) is 3.25. The second-order valence-electron chi connectivity index (χ2n) is 6.44. The lowest BCUT2D eigenvalue weighted by Gasteiger charge is -2.26. The molecule has 1 atom stereocenters.